The number of benzene rings is 1. The van der Waals surface area contributed by atoms with E-state index in [2.05, 4.69) is 46.3 Å². The van der Waals surface area contributed by atoms with Gasteiger partial charge in [-0.25, -0.2) is 4.79 Å². The summed E-state index contributed by atoms with van der Waals surface area (Å²) in [6.07, 6.45) is 1.78. The van der Waals surface area contributed by atoms with Gasteiger partial charge in [0.1, 0.15) is 0 Å². The second kappa shape index (κ2) is 11.3. The second-order valence-electron chi connectivity index (χ2n) is 6.16. The number of nitrogens with zero attached hydrogens (tertiary/aromatic N) is 2. The van der Waals surface area contributed by atoms with E-state index in [1.807, 2.05) is 18.7 Å². The zero-order valence-electron chi connectivity index (χ0n) is 15.5. The summed E-state index contributed by atoms with van der Waals surface area (Å²) < 4.78 is 5.13. The summed E-state index contributed by atoms with van der Waals surface area (Å²) in [4.78, 5) is 17.6. The number of rotatable bonds is 9. The molecule has 1 heterocycles. The van der Waals surface area contributed by atoms with Crippen LogP contribution in [0.15, 0.2) is 29.2 Å². The molecule has 0 aliphatic carbocycles. The highest BCUT2D eigenvalue weighted by molar-refractivity contribution is 7.99. The average Bonchev–Trinajstić information content (AvgIpc) is 2.64. The third kappa shape index (κ3) is 6.78. The van der Waals surface area contributed by atoms with Crippen molar-refractivity contribution < 1.29 is 9.53 Å². The molecule has 1 aromatic carbocycles. The predicted molar refractivity (Wildman–Crippen MR) is 106 cm³/mol. The maximum absolute atomic E-state index is 11.2. The summed E-state index contributed by atoms with van der Waals surface area (Å²) in [5, 5.41) is 2.64. The van der Waals surface area contributed by atoms with Crippen LogP contribution in [0.3, 0.4) is 0 Å². The molecule has 140 valence electrons. The number of para-hydroxylation sites is 1. The zero-order chi connectivity index (χ0) is 17.9. The van der Waals surface area contributed by atoms with Crippen molar-refractivity contribution in [2.24, 2.45) is 0 Å². The normalized spacial score (nSPS) is 15.2. The van der Waals surface area contributed by atoms with Crippen molar-refractivity contribution in [3.05, 3.63) is 24.3 Å². The molecule has 1 aromatic rings. The van der Waals surface area contributed by atoms with Crippen LogP contribution >= 0.6 is 11.8 Å². The Labute approximate surface area is 156 Å². The Morgan fingerprint density at radius 1 is 1.20 bits per heavy atom. The quantitative estimate of drug-likeness (QED) is 0.536. The Bertz CT molecular complexity index is 519. The van der Waals surface area contributed by atoms with Gasteiger partial charge in [0.2, 0.25) is 0 Å². The summed E-state index contributed by atoms with van der Waals surface area (Å²) in [6.45, 7) is 10.4. The molecule has 2 rings (SSSR count). The SMILES string of the molecule is CCCSc1ccccc1N1CCN(CCCOC(=O)NCC)CC1. The van der Waals surface area contributed by atoms with E-state index in [9.17, 15) is 4.79 Å². The smallest absolute Gasteiger partial charge is 0.407 e. The Morgan fingerprint density at radius 2 is 1.96 bits per heavy atom. The van der Waals surface area contributed by atoms with Crippen molar-refractivity contribution in [1.82, 2.24) is 10.2 Å². The Kier molecular flexibility index (Phi) is 8.97. The number of alkyl carbamates (subject to hydrolysis) is 1. The minimum Gasteiger partial charge on any atom is -0.450 e. The number of amides is 1. The second-order valence-corrected chi connectivity index (χ2v) is 7.30. The van der Waals surface area contributed by atoms with E-state index in [-0.39, 0.29) is 6.09 Å². The van der Waals surface area contributed by atoms with Crippen molar-refractivity contribution in [2.45, 2.75) is 31.6 Å². The molecule has 25 heavy (non-hydrogen) atoms. The van der Waals surface area contributed by atoms with E-state index in [0.29, 0.717) is 13.2 Å². The topological polar surface area (TPSA) is 44.8 Å². The van der Waals surface area contributed by atoms with Crippen LogP contribution in [-0.4, -0.2) is 62.6 Å². The molecule has 1 aliphatic rings. The van der Waals surface area contributed by atoms with Gasteiger partial charge in [0.15, 0.2) is 0 Å². The monoisotopic (exact) mass is 365 g/mol. The molecule has 1 N–H and O–H groups in total. The van der Waals surface area contributed by atoms with Gasteiger partial charge in [0.25, 0.3) is 0 Å². The molecule has 5 nitrogen and oxygen atoms in total. The first-order valence-electron chi connectivity index (χ1n) is 9.34. The van der Waals surface area contributed by atoms with Gasteiger partial charge >= 0.3 is 6.09 Å². The Balaban J connectivity index is 1.72. The number of thioether (sulfide) groups is 1. The van der Waals surface area contributed by atoms with Crippen molar-refractivity contribution in [3.63, 3.8) is 0 Å². The van der Waals surface area contributed by atoms with Crippen LogP contribution in [0.2, 0.25) is 0 Å². The number of carbonyl (C=O) groups is 1. The zero-order valence-corrected chi connectivity index (χ0v) is 16.3. The number of hydrogen-bond acceptors (Lipinski definition) is 5. The molecule has 1 amide bonds. The van der Waals surface area contributed by atoms with E-state index >= 15 is 0 Å². The lowest BCUT2D eigenvalue weighted by molar-refractivity contribution is 0.137. The average molecular weight is 366 g/mol. The van der Waals surface area contributed by atoms with Gasteiger partial charge in [0.05, 0.1) is 12.3 Å². The van der Waals surface area contributed by atoms with E-state index in [4.69, 9.17) is 4.74 Å². The van der Waals surface area contributed by atoms with Gasteiger partial charge in [-0.3, -0.25) is 4.90 Å². The summed E-state index contributed by atoms with van der Waals surface area (Å²) in [7, 11) is 0. The van der Waals surface area contributed by atoms with Crippen LogP contribution in [0, 0.1) is 0 Å². The third-order valence-electron chi connectivity index (χ3n) is 4.21. The largest absolute Gasteiger partial charge is 0.450 e. The maximum atomic E-state index is 11.2. The lowest BCUT2D eigenvalue weighted by Gasteiger charge is -2.36. The van der Waals surface area contributed by atoms with E-state index < -0.39 is 0 Å². The van der Waals surface area contributed by atoms with E-state index in [0.717, 1.165) is 39.1 Å². The molecule has 1 saturated heterocycles. The third-order valence-corrected chi connectivity index (χ3v) is 5.48. The van der Waals surface area contributed by atoms with Crippen molar-refractivity contribution in [2.75, 3.05) is 56.5 Å². The molecule has 0 atom stereocenters. The molecule has 1 fully saturated rings. The molecular formula is C19H31N3O2S. The van der Waals surface area contributed by atoms with Gasteiger partial charge in [-0.05, 0) is 37.7 Å². The fourth-order valence-corrected chi connectivity index (χ4v) is 3.86. The number of ether oxygens (including phenoxy) is 1. The highest BCUT2D eigenvalue weighted by Gasteiger charge is 2.18. The summed E-state index contributed by atoms with van der Waals surface area (Å²) in [5.74, 6) is 1.17. The van der Waals surface area contributed by atoms with Crippen LogP contribution in [0.1, 0.15) is 26.7 Å². The van der Waals surface area contributed by atoms with E-state index in [1.54, 1.807) is 0 Å². The minimum absolute atomic E-state index is 0.312. The van der Waals surface area contributed by atoms with Crippen LogP contribution in [0.5, 0.6) is 0 Å². The van der Waals surface area contributed by atoms with Gasteiger partial charge in [-0.15, -0.1) is 11.8 Å². The molecule has 0 unspecified atom stereocenters. The van der Waals surface area contributed by atoms with Gasteiger partial charge < -0.3 is 15.0 Å². The Hall–Kier alpha value is -1.40. The number of anilines is 1. The first-order chi connectivity index (χ1) is 12.2. The fourth-order valence-electron chi connectivity index (χ4n) is 2.91. The molecule has 6 heteroatoms. The fraction of sp³-hybridized carbons (Fsp3) is 0.632. The van der Waals surface area contributed by atoms with Crippen LogP contribution in [-0.2, 0) is 4.74 Å². The van der Waals surface area contributed by atoms with Crippen LogP contribution < -0.4 is 10.2 Å². The number of carbonyl (C=O) groups excluding carboxylic acids is 1. The predicted octanol–water partition coefficient (Wildman–Crippen LogP) is 3.45. The first kappa shape index (κ1) is 19.9. The summed E-state index contributed by atoms with van der Waals surface area (Å²) >= 11 is 1.96. The van der Waals surface area contributed by atoms with Crippen molar-refractivity contribution in [1.29, 1.82) is 0 Å². The molecule has 0 bridgehead atoms. The summed E-state index contributed by atoms with van der Waals surface area (Å²) in [6, 6.07) is 8.75. The Morgan fingerprint density at radius 3 is 2.68 bits per heavy atom. The molecule has 0 radical (unpaired) electrons. The van der Waals surface area contributed by atoms with Gasteiger partial charge in [-0.2, -0.15) is 0 Å². The molecule has 1 aliphatic heterocycles. The standard InChI is InChI=1S/C19H31N3O2S/c1-3-16-25-18-9-6-5-8-17(18)22-13-11-21(12-14-22)10-7-15-24-19(23)20-4-2/h5-6,8-9H,3-4,7,10-16H2,1-2H3,(H,20,23). The molecule has 0 aromatic heterocycles. The minimum atomic E-state index is -0.312. The lowest BCUT2D eigenvalue weighted by Crippen LogP contribution is -2.47. The highest BCUT2D eigenvalue weighted by Crippen LogP contribution is 2.31. The van der Waals surface area contributed by atoms with Crippen molar-refractivity contribution in [3.8, 4) is 0 Å². The molecular weight excluding hydrogens is 334 g/mol. The maximum Gasteiger partial charge on any atom is 0.407 e. The number of nitrogens with one attached hydrogen (secondary N) is 1. The first-order valence-corrected chi connectivity index (χ1v) is 10.3. The van der Waals surface area contributed by atoms with Crippen molar-refractivity contribution >= 4 is 23.5 Å². The summed E-state index contributed by atoms with van der Waals surface area (Å²) in [5.41, 5.74) is 1.38. The van der Waals surface area contributed by atoms with E-state index in [1.165, 1.54) is 22.8 Å². The highest BCUT2D eigenvalue weighted by atomic mass is 32.2. The number of hydrogen-bond donors (Lipinski definition) is 1. The van der Waals surface area contributed by atoms with Crippen LogP contribution in [0.25, 0.3) is 0 Å². The van der Waals surface area contributed by atoms with Gasteiger partial charge in [-0.1, -0.05) is 19.1 Å². The molecule has 0 spiro atoms. The lowest BCUT2D eigenvalue weighted by atomic mass is 10.2. The molecule has 0 saturated carbocycles. The van der Waals surface area contributed by atoms with Gasteiger partial charge in [0, 0.05) is 44.2 Å². The van der Waals surface area contributed by atoms with Crippen LogP contribution in [0.4, 0.5) is 10.5 Å². The number of piperazine rings is 1.